The van der Waals surface area contributed by atoms with Crippen molar-refractivity contribution in [2.45, 2.75) is 0 Å². The van der Waals surface area contributed by atoms with E-state index in [1.165, 1.54) is 12.2 Å². The van der Waals surface area contributed by atoms with Gasteiger partial charge in [-0.05, 0) is 0 Å². The molecule has 6 heavy (non-hydrogen) atoms. The quantitative estimate of drug-likeness (QED) is 0.457. The fourth-order valence-electron chi connectivity index (χ4n) is 0.290. The molecule has 0 bridgehead atoms. The Morgan fingerprint density at radius 3 is 1.33 bits per heavy atom. The summed E-state index contributed by atoms with van der Waals surface area (Å²) in [5, 5.41) is 16.5. The van der Waals surface area contributed by atoms with Crippen LogP contribution in [-0.4, -0.2) is 10.2 Å². The summed E-state index contributed by atoms with van der Waals surface area (Å²) in [5.74, 6) is 0.292. The molecule has 0 aromatic heterocycles. The third-order valence-electron chi connectivity index (χ3n) is 0.592. The number of aliphatic hydroxyl groups excluding tert-OH is 2. The molecule has 0 aromatic carbocycles. The SMILES string of the molecule is OC1=CC(O)=C1. The Morgan fingerprint density at radius 2 is 1.33 bits per heavy atom. The highest BCUT2D eigenvalue weighted by atomic mass is 16.3. The van der Waals surface area contributed by atoms with Crippen molar-refractivity contribution in [2.24, 2.45) is 0 Å². The van der Waals surface area contributed by atoms with Gasteiger partial charge in [-0.1, -0.05) is 0 Å². The average Bonchev–Trinajstić information content (AvgIpc) is 1.33. The predicted octanol–water partition coefficient (Wildman–Crippen LogP) is 0.884. The Balaban J connectivity index is 2.57. The molecule has 0 spiro atoms. The number of allylic oxidation sites excluding steroid dienone is 2. The summed E-state index contributed by atoms with van der Waals surface area (Å²) in [6.07, 6.45) is 2.56. The molecule has 1 rings (SSSR count). The molecule has 0 aromatic rings. The van der Waals surface area contributed by atoms with Crippen LogP contribution in [0.15, 0.2) is 23.7 Å². The van der Waals surface area contributed by atoms with Gasteiger partial charge in [0.25, 0.3) is 0 Å². The maximum Gasteiger partial charge on any atom is 0.122 e. The van der Waals surface area contributed by atoms with E-state index in [2.05, 4.69) is 0 Å². The van der Waals surface area contributed by atoms with Crippen molar-refractivity contribution >= 4 is 0 Å². The van der Waals surface area contributed by atoms with Gasteiger partial charge in [-0.25, -0.2) is 0 Å². The second kappa shape index (κ2) is 0.772. The minimum atomic E-state index is 0.146. The maximum atomic E-state index is 8.24. The zero-order chi connectivity index (χ0) is 4.57. The molecule has 0 saturated heterocycles. The number of hydrogen-bond acceptors (Lipinski definition) is 2. The molecule has 2 N–H and O–H groups in total. The van der Waals surface area contributed by atoms with Crippen molar-refractivity contribution in [1.29, 1.82) is 0 Å². The number of hydrogen-bond donors (Lipinski definition) is 2. The number of rotatable bonds is 0. The van der Waals surface area contributed by atoms with Crippen molar-refractivity contribution in [3.8, 4) is 0 Å². The third kappa shape index (κ3) is 0.266. The van der Waals surface area contributed by atoms with Gasteiger partial charge in [0.2, 0.25) is 0 Å². The molecule has 0 heterocycles. The van der Waals surface area contributed by atoms with Gasteiger partial charge in [0.05, 0.1) is 0 Å². The molecule has 1 aliphatic rings. The molecule has 0 aliphatic heterocycles. The average molecular weight is 84.1 g/mol. The lowest BCUT2D eigenvalue weighted by Crippen LogP contribution is -1.89. The first-order valence-electron chi connectivity index (χ1n) is 1.60. The molecular formula is C4H4O2. The molecule has 0 atom stereocenters. The van der Waals surface area contributed by atoms with Crippen LogP contribution in [0.4, 0.5) is 0 Å². The normalized spacial score (nSPS) is 18.0. The topological polar surface area (TPSA) is 40.5 Å². The van der Waals surface area contributed by atoms with E-state index >= 15 is 0 Å². The van der Waals surface area contributed by atoms with E-state index in [1.807, 2.05) is 0 Å². The van der Waals surface area contributed by atoms with Crippen LogP contribution in [-0.2, 0) is 0 Å². The molecule has 0 radical (unpaired) electrons. The van der Waals surface area contributed by atoms with E-state index in [9.17, 15) is 0 Å². The van der Waals surface area contributed by atoms with E-state index in [0.29, 0.717) is 0 Å². The van der Waals surface area contributed by atoms with Crippen LogP contribution in [0, 0.1) is 0 Å². The van der Waals surface area contributed by atoms with Gasteiger partial charge in [0.1, 0.15) is 11.5 Å². The van der Waals surface area contributed by atoms with E-state index in [4.69, 9.17) is 10.2 Å². The molecule has 0 fully saturated rings. The van der Waals surface area contributed by atoms with Crippen molar-refractivity contribution in [3.63, 3.8) is 0 Å². The first-order chi connectivity index (χ1) is 2.79. The van der Waals surface area contributed by atoms with Crippen molar-refractivity contribution < 1.29 is 10.2 Å². The van der Waals surface area contributed by atoms with Crippen LogP contribution < -0.4 is 0 Å². The summed E-state index contributed by atoms with van der Waals surface area (Å²) >= 11 is 0. The first kappa shape index (κ1) is 3.28. The molecule has 32 valence electrons. The summed E-state index contributed by atoms with van der Waals surface area (Å²) in [4.78, 5) is 0. The van der Waals surface area contributed by atoms with Crippen molar-refractivity contribution in [1.82, 2.24) is 0 Å². The summed E-state index contributed by atoms with van der Waals surface area (Å²) in [5.41, 5.74) is 0. The Hall–Kier alpha value is -0.920. The van der Waals surface area contributed by atoms with Gasteiger partial charge in [-0.3, -0.25) is 0 Å². The Morgan fingerprint density at radius 1 is 1.00 bits per heavy atom. The largest absolute Gasteiger partial charge is 0.508 e. The van der Waals surface area contributed by atoms with Gasteiger partial charge in [0.15, 0.2) is 0 Å². The first-order valence-corrected chi connectivity index (χ1v) is 1.60. The van der Waals surface area contributed by atoms with E-state index < -0.39 is 0 Å². The van der Waals surface area contributed by atoms with Crippen molar-refractivity contribution in [3.05, 3.63) is 23.7 Å². The summed E-state index contributed by atoms with van der Waals surface area (Å²) in [6.45, 7) is 0. The Bertz CT molecular complexity index is 100. The lowest BCUT2D eigenvalue weighted by atomic mass is 10.2. The smallest absolute Gasteiger partial charge is 0.122 e. The minimum absolute atomic E-state index is 0.146. The Kier molecular flexibility index (Phi) is 0.422. The third-order valence-corrected chi connectivity index (χ3v) is 0.592. The summed E-state index contributed by atoms with van der Waals surface area (Å²) < 4.78 is 0. The molecule has 0 saturated carbocycles. The highest BCUT2D eigenvalue weighted by molar-refractivity contribution is 5.34. The molecular weight excluding hydrogens is 80.0 g/mol. The van der Waals surface area contributed by atoms with Crippen LogP contribution in [0.5, 0.6) is 0 Å². The van der Waals surface area contributed by atoms with Crippen LogP contribution in [0.1, 0.15) is 0 Å². The molecule has 2 nitrogen and oxygen atoms in total. The fraction of sp³-hybridized carbons (Fsp3) is 0. The number of aliphatic hydroxyl groups is 2. The van der Waals surface area contributed by atoms with Gasteiger partial charge < -0.3 is 10.2 Å². The van der Waals surface area contributed by atoms with Crippen molar-refractivity contribution in [2.75, 3.05) is 0 Å². The Labute approximate surface area is 35.0 Å². The zero-order valence-corrected chi connectivity index (χ0v) is 3.05. The lowest BCUT2D eigenvalue weighted by molar-refractivity contribution is 0.373. The monoisotopic (exact) mass is 84.0 g/mol. The van der Waals surface area contributed by atoms with Crippen LogP contribution >= 0.6 is 0 Å². The molecule has 1 aliphatic carbocycles. The van der Waals surface area contributed by atoms with Crippen LogP contribution in [0.2, 0.25) is 0 Å². The highest BCUT2D eigenvalue weighted by Gasteiger charge is 2.00. The van der Waals surface area contributed by atoms with Gasteiger partial charge >= 0.3 is 0 Å². The highest BCUT2D eigenvalue weighted by Crippen LogP contribution is 2.09. The second-order valence-electron chi connectivity index (χ2n) is 1.14. The van der Waals surface area contributed by atoms with E-state index in [0.717, 1.165) is 0 Å². The van der Waals surface area contributed by atoms with Gasteiger partial charge in [-0.15, -0.1) is 0 Å². The zero-order valence-electron chi connectivity index (χ0n) is 3.05. The van der Waals surface area contributed by atoms with Gasteiger partial charge in [0, 0.05) is 12.2 Å². The predicted molar refractivity (Wildman–Crippen MR) is 21.4 cm³/mol. The van der Waals surface area contributed by atoms with Crippen LogP contribution in [0.3, 0.4) is 0 Å². The van der Waals surface area contributed by atoms with E-state index in [-0.39, 0.29) is 11.5 Å². The summed E-state index contributed by atoms with van der Waals surface area (Å²) in [7, 11) is 0. The van der Waals surface area contributed by atoms with Crippen LogP contribution in [0.25, 0.3) is 0 Å². The maximum absolute atomic E-state index is 8.24. The lowest BCUT2D eigenvalue weighted by Gasteiger charge is -1.99. The van der Waals surface area contributed by atoms with E-state index in [1.54, 1.807) is 0 Å². The molecule has 2 heteroatoms. The fourth-order valence-corrected chi connectivity index (χ4v) is 0.290. The summed E-state index contributed by atoms with van der Waals surface area (Å²) in [6, 6.07) is 0. The standard InChI is InChI=1S/C4H4O2/c5-3-1-4(6)2-3/h1-2,5-6H. The van der Waals surface area contributed by atoms with Gasteiger partial charge in [-0.2, -0.15) is 0 Å². The second-order valence-corrected chi connectivity index (χ2v) is 1.14. The molecule has 0 amide bonds. The minimum Gasteiger partial charge on any atom is -0.508 e. The molecule has 0 unspecified atom stereocenters.